The summed E-state index contributed by atoms with van der Waals surface area (Å²) in [5.74, 6) is 1.93. The van der Waals surface area contributed by atoms with Crippen molar-refractivity contribution in [1.29, 1.82) is 0 Å². The average molecular weight is 369 g/mol. The zero-order chi connectivity index (χ0) is 19.1. The Morgan fingerprint density at radius 3 is 2.33 bits per heavy atom. The Morgan fingerprint density at radius 2 is 1.67 bits per heavy atom. The first-order chi connectivity index (χ1) is 13.2. The molecular formula is C23H32N2O2. The van der Waals surface area contributed by atoms with Crippen molar-refractivity contribution in [1.82, 2.24) is 4.90 Å². The maximum atomic E-state index is 5.80. The van der Waals surface area contributed by atoms with Crippen LogP contribution in [0.15, 0.2) is 48.5 Å². The minimum Gasteiger partial charge on any atom is -0.497 e. The SMILES string of the molecule is CCOc1ccccc1N1CCN(C(C)CCc2ccc(OC)cc2)CC1. The number of ether oxygens (including phenoxy) is 2. The maximum Gasteiger partial charge on any atom is 0.142 e. The molecule has 0 bridgehead atoms. The monoisotopic (exact) mass is 368 g/mol. The van der Waals surface area contributed by atoms with E-state index in [1.165, 1.54) is 17.7 Å². The number of benzene rings is 2. The molecule has 2 aromatic rings. The molecule has 4 heteroatoms. The molecule has 1 heterocycles. The second-order valence-electron chi connectivity index (χ2n) is 7.16. The highest BCUT2D eigenvalue weighted by Crippen LogP contribution is 2.29. The van der Waals surface area contributed by atoms with E-state index < -0.39 is 0 Å². The molecular weight excluding hydrogens is 336 g/mol. The highest BCUT2D eigenvalue weighted by molar-refractivity contribution is 5.58. The van der Waals surface area contributed by atoms with Gasteiger partial charge in [0.1, 0.15) is 11.5 Å². The van der Waals surface area contributed by atoms with E-state index >= 15 is 0 Å². The molecule has 1 aliphatic heterocycles. The lowest BCUT2D eigenvalue weighted by molar-refractivity contribution is 0.188. The molecule has 0 amide bonds. The first kappa shape index (κ1) is 19.6. The molecule has 146 valence electrons. The predicted octanol–water partition coefficient (Wildman–Crippen LogP) is 4.24. The molecule has 4 nitrogen and oxygen atoms in total. The molecule has 1 atom stereocenters. The molecule has 1 saturated heterocycles. The van der Waals surface area contributed by atoms with Crippen molar-refractivity contribution in [2.45, 2.75) is 32.7 Å². The fourth-order valence-electron chi connectivity index (χ4n) is 3.75. The van der Waals surface area contributed by atoms with Gasteiger partial charge < -0.3 is 14.4 Å². The summed E-state index contributed by atoms with van der Waals surface area (Å²) < 4.78 is 11.0. The van der Waals surface area contributed by atoms with Crippen molar-refractivity contribution in [3.63, 3.8) is 0 Å². The number of piperazine rings is 1. The van der Waals surface area contributed by atoms with E-state index in [1.54, 1.807) is 7.11 Å². The molecule has 1 unspecified atom stereocenters. The van der Waals surface area contributed by atoms with Gasteiger partial charge in [-0.1, -0.05) is 24.3 Å². The topological polar surface area (TPSA) is 24.9 Å². The number of hydrogen-bond acceptors (Lipinski definition) is 4. The third-order valence-corrected chi connectivity index (χ3v) is 5.45. The lowest BCUT2D eigenvalue weighted by Crippen LogP contribution is -2.49. The van der Waals surface area contributed by atoms with Gasteiger partial charge in [0, 0.05) is 32.2 Å². The summed E-state index contributed by atoms with van der Waals surface area (Å²) in [5, 5.41) is 0. The minimum absolute atomic E-state index is 0.594. The molecule has 0 aromatic heterocycles. The lowest BCUT2D eigenvalue weighted by Gasteiger charge is -2.39. The van der Waals surface area contributed by atoms with E-state index in [-0.39, 0.29) is 0 Å². The van der Waals surface area contributed by atoms with Crippen LogP contribution in [0.25, 0.3) is 0 Å². The lowest BCUT2D eigenvalue weighted by atomic mass is 10.0. The highest BCUT2D eigenvalue weighted by Gasteiger charge is 2.22. The van der Waals surface area contributed by atoms with E-state index in [9.17, 15) is 0 Å². The molecule has 0 aliphatic carbocycles. The summed E-state index contributed by atoms with van der Waals surface area (Å²) in [6, 6.07) is 17.4. The first-order valence-electron chi connectivity index (χ1n) is 10.0. The van der Waals surface area contributed by atoms with Crippen molar-refractivity contribution in [3.8, 4) is 11.5 Å². The van der Waals surface area contributed by atoms with Crippen LogP contribution in [0.2, 0.25) is 0 Å². The van der Waals surface area contributed by atoms with E-state index in [0.717, 1.165) is 44.1 Å². The van der Waals surface area contributed by atoms with E-state index in [4.69, 9.17) is 9.47 Å². The molecule has 2 aromatic carbocycles. The second kappa shape index (κ2) is 9.65. The molecule has 27 heavy (non-hydrogen) atoms. The molecule has 3 rings (SSSR count). The van der Waals surface area contributed by atoms with Crippen molar-refractivity contribution < 1.29 is 9.47 Å². The van der Waals surface area contributed by atoms with Gasteiger partial charge >= 0.3 is 0 Å². The molecule has 1 aliphatic rings. The molecule has 0 N–H and O–H groups in total. The van der Waals surface area contributed by atoms with Gasteiger partial charge in [-0.25, -0.2) is 0 Å². The van der Waals surface area contributed by atoms with Crippen LogP contribution in [-0.2, 0) is 6.42 Å². The van der Waals surface area contributed by atoms with Crippen molar-refractivity contribution in [2.75, 3.05) is 44.8 Å². The van der Waals surface area contributed by atoms with E-state index in [1.807, 2.05) is 13.0 Å². The summed E-state index contributed by atoms with van der Waals surface area (Å²) in [6.07, 6.45) is 2.29. The Balaban J connectivity index is 1.49. The molecule has 0 spiro atoms. The average Bonchev–Trinajstić information content (AvgIpc) is 2.73. The largest absolute Gasteiger partial charge is 0.497 e. The fraction of sp³-hybridized carbons (Fsp3) is 0.478. The van der Waals surface area contributed by atoms with Gasteiger partial charge in [-0.2, -0.15) is 0 Å². The highest BCUT2D eigenvalue weighted by atomic mass is 16.5. The number of methoxy groups -OCH3 is 1. The van der Waals surface area contributed by atoms with Gasteiger partial charge in [-0.05, 0) is 56.5 Å². The molecule has 0 saturated carbocycles. The molecule has 1 fully saturated rings. The quantitative estimate of drug-likeness (QED) is 0.696. The predicted molar refractivity (Wildman–Crippen MR) is 112 cm³/mol. The Labute approximate surface area is 163 Å². The van der Waals surface area contributed by atoms with E-state index in [2.05, 4.69) is 59.2 Å². The van der Waals surface area contributed by atoms with Crippen LogP contribution in [0, 0.1) is 0 Å². The summed E-state index contributed by atoms with van der Waals surface area (Å²) in [6.45, 7) is 9.41. The Bertz CT molecular complexity index is 694. The number of nitrogens with zero attached hydrogens (tertiary/aromatic N) is 2. The van der Waals surface area contributed by atoms with Crippen LogP contribution in [0.5, 0.6) is 11.5 Å². The van der Waals surface area contributed by atoms with E-state index in [0.29, 0.717) is 12.6 Å². The smallest absolute Gasteiger partial charge is 0.142 e. The van der Waals surface area contributed by atoms with Gasteiger partial charge in [0.15, 0.2) is 0 Å². The zero-order valence-electron chi connectivity index (χ0n) is 16.9. The van der Waals surface area contributed by atoms with Gasteiger partial charge in [0.25, 0.3) is 0 Å². The van der Waals surface area contributed by atoms with Crippen LogP contribution >= 0.6 is 0 Å². The van der Waals surface area contributed by atoms with Gasteiger partial charge in [0.05, 0.1) is 19.4 Å². The van der Waals surface area contributed by atoms with Gasteiger partial charge in [-0.15, -0.1) is 0 Å². The second-order valence-corrected chi connectivity index (χ2v) is 7.16. The van der Waals surface area contributed by atoms with Crippen molar-refractivity contribution in [3.05, 3.63) is 54.1 Å². The van der Waals surface area contributed by atoms with Crippen LogP contribution in [0.3, 0.4) is 0 Å². The first-order valence-corrected chi connectivity index (χ1v) is 10.0. The number of para-hydroxylation sites is 2. The third kappa shape index (κ3) is 5.16. The Hall–Kier alpha value is -2.20. The zero-order valence-corrected chi connectivity index (χ0v) is 16.9. The summed E-state index contributed by atoms with van der Waals surface area (Å²) in [5.41, 5.74) is 2.61. The van der Waals surface area contributed by atoms with Gasteiger partial charge in [-0.3, -0.25) is 4.90 Å². The Kier molecular flexibility index (Phi) is 6.99. The third-order valence-electron chi connectivity index (χ3n) is 5.45. The fourth-order valence-corrected chi connectivity index (χ4v) is 3.75. The summed E-state index contributed by atoms with van der Waals surface area (Å²) >= 11 is 0. The number of anilines is 1. The van der Waals surface area contributed by atoms with Crippen LogP contribution < -0.4 is 14.4 Å². The van der Waals surface area contributed by atoms with Crippen molar-refractivity contribution in [2.24, 2.45) is 0 Å². The summed E-state index contributed by atoms with van der Waals surface area (Å²) in [4.78, 5) is 5.07. The van der Waals surface area contributed by atoms with Crippen molar-refractivity contribution >= 4 is 5.69 Å². The number of aryl methyl sites for hydroxylation is 1. The molecule has 0 radical (unpaired) electrons. The Morgan fingerprint density at radius 1 is 0.963 bits per heavy atom. The maximum absolute atomic E-state index is 5.80. The van der Waals surface area contributed by atoms with Crippen LogP contribution in [-0.4, -0.2) is 50.8 Å². The summed E-state index contributed by atoms with van der Waals surface area (Å²) in [7, 11) is 1.71. The standard InChI is InChI=1S/C23H32N2O2/c1-4-27-23-8-6-5-7-22(23)25-17-15-24(16-18-25)19(2)9-10-20-11-13-21(26-3)14-12-20/h5-8,11-14,19H,4,9-10,15-18H2,1-3H3. The number of hydrogen-bond donors (Lipinski definition) is 0. The van der Waals surface area contributed by atoms with Crippen LogP contribution in [0.1, 0.15) is 25.8 Å². The van der Waals surface area contributed by atoms with Gasteiger partial charge in [0.2, 0.25) is 0 Å². The minimum atomic E-state index is 0.594. The van der Waals surface area contributed by atoms with Crippen LogP contribution in [0.4, 0.5) is 5.69 Å². The number of rotatable bonds is 8. The normalized spacial score (nSPS) is 16.2.